The standard InChI is InChI=1S/C20H36/c1-2-9-17(10-3-1)11-4-5-12-18-14-8-15-19-13-6-7-16-20(18)19/h17-20H,1-16H2. The molecule has 0 nitrogen and oxygen atoms in total. The maximum atomic E-state index is 1.58. The van der Waals surface area contributed by atoms with Gasteiger partial charge < -0.3 is 0 Å². The Morgan fingerprint density at radius 2 is 1.25 bits per heavy atom. The van der Waals surface area contributed by atoms with Crippen LogP contribution in [0.4, 0.5) is 0 Å². The van der Waals surface area contributed by atoms with Gasteiger partial charge in [-0.25, -0.2) is 0 Å². The fourth-order valence-electron chi connectivity index (χ4n) is 5.75. The van der Waals surface area contributed by atoms with Gasteiger partial charge in [0.25, 0.3) is 0 Å². The average Bonchev–Trinajstić information content (AvgIpc) is 2.53. The molecule has 3 fully saturated rings. The minimum absolute atomic E-state index is 1.11. The first-order chi connectivity index (χ1) is 9.93. The van der Waals surface area contributed by atoms with Crippen LogP contribution in [0.2, 0.25) is 0 Å². The van der Waals surface area contributed by atoms with Gasteiger partial charge in [0.05, 0.1) is 0 Å². The van der Waals surface area contributed by atoms with Gasteiger partial charge >= 0.3 is 0 Å². The molecule has 0 N–H and O–H groups in total. The lowest BCUT2D eigenvalue weighted by Crippen LogP contribution is -2.30. The lowest BCUT2D eigenvalue weighted by atomic mass is 9.64. The molecule has 3 aliphatic carbocycles. The molecule has 3 saturated carbocycles. The molecule has 0 saturated heterocycles. The van der Waals surface area contributed by atoms with E-state index in [9.17, 15) is 0 Å². The third kappa shape index (κ3) is 4.01. The monoisotopic (exact) mass is 276 g/mol. The lowest BCUT2D eigenvalue weighted by Gasteiger charge is -2.41. The second kappa shape index (κ2) is 7.85. The summed E-state index contributed by atoms with van der Waals surface area (Å²) in [5.41, 5.74) is 0. The summed E-state index contributed by atoms with van der Waals surface area (Å²) in [5, 5.41) is 0. The molecule has 116 valence electrons. The van der Waals surface area contributed by atoms with E-state index in [1.807, 2.05) is 0 Å². The largest absolute Gasteiger partial charge is 0.0533 e. The number of hydrogen-bond acceptors (Lipinski definition) is 0. The summed E-state index contributed by atoms with van der Waals surface area (Å²) in [6, 6.07) is 0. The maximum Gasteiger partial charge on any atom is -0.0357 e. The summed E-state index contributed by atoms with van der Waals surface area (Å²) in [6.07, 6.45) is 24.8. The van der Waals surface area contributed by atoms with Crippen molar-refractivity contribution in [1.29, 1.82) is 0 Å². The Hall–Kier alpha value is 0. The molecule has 0 aromatic carbocycles. The van der Waals surface area contributed by atoms with Crippen molar-refractivity contribution < 1.29 is 0 Å². The summed E-state index contributed by atoms with van der Waals surface area (Å²) in [6.45, 7) is 0. The van der Waals surface area contributed by atoms with E-state index >= 15 is 0 Å². The fraction of sp³-hybridized carbons (Fsp3) is 1.00. The van der Waals surface area contributed by atoms with Gasteiger partial charge in [-0.05, 0) is 30.1 Å². The van der Waals surface area contributed by atoms with Crippen LogP contribution in [-0.2, 0) is 0 Å². The van der Waals surface area contributed by atoms with E-state index in [4.69, 9.17) is 0 Å². The van der Waals surface area contributed by atoms with Crippen molar-refractivity contribution in [3.63, 3.8) is 0 Å². The Morgan fingerprint density at radius 3 is 2.15 bits per heavy atom. The fourth-order valence-corrected chi connectivity index (χ4v) is 5.75. The topological polar surface area (TPSA) is 0 Å². The Kier molecular flexibility index (Phi) is 5.86. The lowest BCUT2D eigenvalue weighted by molar-refractivity contribution is 0.0957. The maximum absolute atomic E-state index is 1.58. The zero-order valence-corrected chi connectivity index (χ0v) is 13.6. The minimum atomic E-state index is 1.11. The Morgan fingerprint density at radius 1 is 0.550 bits per heavy atom. The zero-order chi connectivity index (χ0) is 13.6. The van der Waals surface area contributed by atoms with E-state index in [1.165, 1.54) is 25.7 Å². The second-order valence-electron chi connectivity index (χ2n) is 8.19. The molecule has 3 rings (SSSR count). The van der Waals surface area contributed by atoms with Gasteiger partial charge in [0, 0.05) is 0 Å². The van der Waals surface area contributed by atoms with Crippen molar-refractivity contribution in [2.24, 2.45) is 23.7 Å². The molecular formula is C20H36. The Labute approximate surface area is 127 Å². The van der Waals surface area contributed by atoms with Crippen molar-refractivity contribution in [1.82, 2.24) is 0 Å². The molecule has 0 heteroatoms. The van der Waals surface area contributed by atoms with Crippen molar-refractivity contribution in [2.75, 3.05) is 0 Å². The summed E-state index contributed by atoms with van der Waals surface area (Å²) in [7, 11) is 0. The van der Waals surface area contributed by atoms with Gasteiger partial charge in [0.2, 0.25) is 0 Å². The van der Waals surface area contributed by atoms with E-state index in [0.717, 1.165) is 23.7 Å². The smallest absolute Gasteiger partial charge is 0.0357 e. The van der Waals surface area contributed by atoms with Crippen LogP contribution in [0, 0.1) is 23.7 Å². The first kappa shape index (κ1) is 14.9. The summed E-state index contributed by atoms with van der Waals surface area (Å²) >= 11 is 0. The molecule has 3 atom stereocenters. The Bertz CT molecular complexity index is 261. The van der Waals surface area contributed by atoms with Crippen LogP contribution in [0.25, 0.3) is 0 Å². The SMILES string of the molecule is C1CCC(CCCCC2CCCC3CCCCC23)CC1. The third-order valence-electron chi connectivity index (χ3n) is 6.89. The minimum Gasteiger partial charge on any atom is -0.0533 e. The van der Waals surface area contributed by atoms with E-state index < -0.39 is 0 Å². The van der Waals surface area contributed by atoms with Crippen molar-refractivity contribution in [3.8, 4) is 0 Å². The molecule has 0 radical (unpaired) electrons. The molecule has 0 heterocycles. The first-order valence-electron chi connectivity index (χ1n) is 9.93. The highest BCUT2D eigenvalue weighted by atomic mass is 14.4. The zero-order valence-electron chi connectivity index (χ0n) is 13.6. The van der Waals surface area contributed by atoms with Crippen LogP contribution in [0.5, 0.6) is 0 Å². The number of unbranched alkanes of at least 4 members (excludes halogenated alkanes) is 1. The Balaban J connectivity index is 1.34. The molecule has 3 unspecified atom stereocenters. The molecule has 0 aromatic heterocycles. The molecule has 0 aromatic rings. The van der Waals surface area contributed by atoms with Crippen molar-refractivity contribution in [3.05, 3.63) is 0 Å². The number of hydrogen-bond donors (Lipinski definition) is 0. The van der Waals surface area contributed by atoms with Gasteiger partial charge in [-0.15, -0.1) is 0 Å². The second-order valence-corrected chi connectivity index (χ2v) is 8.19. The van der Waals surface area contributed by atoms with Crippen LogP contribution in [0.3, 0.4) is 0 Å². The normalized spacial score (nSPS) is 35.7. The van der Waals surface area contributed by atoms with Gasteiger partial charge in [0.15, 0.2) is 0 Å². The van der Waals surface area contributed by atoms with Gasteiger partial charge in [-0.1, -0.05) is 96.3 Å². The molecule has 0 spiro atoms. The van der Waals surface area contributed by atoms with Crippen LogP contribution < -0.4 is 0 Å². The van der Waals surface area contributed by atoms with Crippen molar-refractivity contribution >= 4 is 0 Å². The highest BCUT2D eigenvalue weighted by molar-refractivity contribution is 4.85. The first-order valence-corrected chi connectivity index (χ1v) is 9.93. The van der Waals surface area contributed by atoms with Crippen LogP contribution in [0.1, 0.15) is 103 Å². The van der Waals surface area contributed by atoms with E-state index in [-0.39, 0.29) is 0 Å². The van der Waals surface area contributed by atoms with Crippen LogP contribution >= 0.6 is 0 Å². The molecule has 0 aliphatic heterocycles. The van der Waals surface area contributed by atoms with E-state index in [0.29, 0.717) is 0 Å². The molecular weight excluding hydrogens is 240 g/mol. The predicted octanol–water partition coefficient (Wildman–Crippen LogP) is 6.73. The third-order valence-corrected chi connectivity index (χ3v) is 6.89. The molecule has 0 amide bonds. The number of fused-ring (bicyclic) bond motifs is 1. The van der Waals surface area contributed by atoms with Gasteiger partial charge in [0.1, 0.15) is 0 Å². The van der Waals surface area contributed by atoms with Crippen LogP contribution in [-0.4, -0.2) is 0 Å². The summed E-state index contributed by atoms with van der Waals surface area (Å²) in [4.78, 5) is 0. The van der Waals surface area contributed by atoms with Gasteiger partial charge in [-0.2, -0.15) is 0 Å². The molecule has 0 bridgehead atoms. The molecule has 3 aliphatic rings. The number of rotatable bonds is 5. The summed E-state index contributed by atoms with van der Waals surface area (Å²) in [5.74, 6) is 4.52. The summed E-state index contributed by atoms with van der Waals surface area (Å²) < 4.78 is 0. The average molecular weight is 277 g/mol. The molecule has 20 heavy (non-hydrogen) atoms. The van der Waals surface area contributed by atoms with Gasteiger partial charge in [-0.3, -0.25) is 0 Å². The van der Waals surface area contributed by atoms with E-state index in [1.54, 1.807) is 77.0 Å². The highest BCUT2D eigenvalue weighted by Gasteiger charge is 2.34. The van der Waals surface area contributed by atoms with Crippen LogP contribution in [0.15, 0.2) is 0 Å². The highest BCUT2D eigenvalue weighted by Crippen LogP contribution is 2.45. The predicted molar refractivity (Wildman–Crippen MR) is 87.8 cm³/mol. The van der Waals surface area contributed by atoms with E-state index in [2.05, 4.69) is 0 Å². The quantitative estimate of drug-likeness (QED) is 0.488. The van der Waals surface area contributed by atoms with Crippen molar-refractivity contribution in [2.45, 2.75) is 103 Å².